The Bertz CT molecular complexity index is 744. The highest BCUT2D eigenvalue weighted by molar-refractivity contribution is 5.96. The number of ether oxygens (including phenoxy) is 1. The number of carboxylic acid groups (broad SMARTS) is 1. The normalized spacial score (nSPS) is 14.6. The van der Waals surface area contributed by atoms with Gasteiger partial charge in [-0.2, -0.15) is 0 Å². The quantitative estimate of drug-likeness (QED) is 0.771. The Hall–Kier alpha value is -2.89. The third-order valence-corrected chi connectivity index (χ3v) is 4.09. The molecule has 1 fully saturated rings. The molecule has 1 heterocycles. The zero-order valence-electron chi connectivity index (χ0n) is 13.7. The Morgan fingerprint density at radius 2 is 2.12 bits per heavy atom. The van der Waals surface area contributed by atoms with Crippen LogP contribution in [0.5, 0.6) is 5.75 Å². The van der Waals surface area contributed by atoms with Gasteiger partial charge in [-0.15, -0.1) is 0 Å². The number of carbonyl (C=O) groups is 2. The summed E-state index contributed by atoms with van der Waals surface area (Å²) in [6.07, 6.45) is 5.97. The van der Waals surface area contributed by atoms with E-state index in [1.165, 1.54) is 0 Å². The van der Waals surface area contributed by atoms with Crippen LogP contribution in [-0.4, -0.2) is 28.0 Å². The van der Waals surface area contributed by atoms with Crippen LogP contribution in [0, 0.1) is 5.92 Å². The van der Waals surface area contributed by atoms with E-state index < -0.39 is 17.9 Å². The first-order valence-electron chi connectivity index (χ1n) is 8.27. The Morgan fingerprint density at radius 1 is 1.28 bits per heavy atom. The van der Waals surface area contributed by atoms with Gasteiger partial charge in [0.1, 0.15) is 18.4 Å². The number of aromatic nitrogens is 1. The highest BCUT2D eigenvalue weighted by Gasteiger charge is 2.30. The molecule has 1 aliphatic carbocycles. The second kappa shape index (κ2) is 7.79. The smallest absolute Gasteiger partial charge is 0.326 e. The molecule has 3 rings (SSSR count). The monoisotopic (exact) mass is 340 g/mol. The van der Waals surface area contributed by atoms with Crippen molar-refractivity contribution < 1.29 is 19.4 Å². The molecule has 6 nitrogen and oxygen atoms in total. The number of carbonyl (C=O) groups excluding carboxylic acids is 1. The van der Waals surface area contributed by atoms with Gasteiger partial charge in [0, 0.05) is 23.5 Å². The largest absolute Gasteiger partial charge is 0.489 e. The van der Waals surface area contributed by atoms with Crippen LogP contribution in [0.3, 0.4) is 0 Å². The summed E-state index contributed by atoms with van der Waals surface area (Å²) in [6.45, 7) is 0.346. The van der Waals surface area contributed by atoms with Crippen LogP contribution in [0.2, 0.25) is 0 Å². The average molecular weight is 340 g/mol. The third kappa shape index (κ3) is 5.04. The predicted molar refractivity (Wildman–Crippen MR) is 91.2 cm³/mol. The highest BCUT2D eigenvalue weighted by atomic mass is 16.5. The van der Waals surface area contributed by atoms with Crippen LogP contribution in [-0.2, 0) is 11.4 Å². The van der Waals surface area contributed by atoms with Gasteiger partial charge in [0.05, 0.1) is 0 Å². The van der Waals surface area contributed by atoms with E-state index in [0.717, 1.165) is 18.4 Å². The zero-order valence-corrected chi connectivity index (χ0v) is 13.7. The second-order valence-electron chi connectivity index (χ2n) is 6.22. The summed E-state index contributed by atoms with van der Waals surface area (Å²) in [5, 5.41) is 11.9. The van der Waals surface area contributed by atoms with Crippen LogP contribution in [0.1, 0.15) is 35.2 Å². The summed E-state index contributed by atoms with van der Waals surface area (Å²) in [7, 11) is 0. The summed E-state index contributed by atoms with van der Waals surface area (Å²) in [5.41, 5.74) is 1.30. The maximum Gasteiger partial charge on any atom is 0.326 e. The Morgan fingerprint density at radius 3 is 2.80 bits per heavy atom. The second-order valence-corrected chi connectivity index (χ2v) is 6.22. The molecule has 1 aromatic carbocycles. The maximum atomic E-state index is 12.3. The van der Waals surface area contributed by atoms with E-state index in [2.05, 4.69) is 10.3 Å². The van der Waals surface area contributed by atoms with E-state index in [9.17, 15) is 14.7 Å². The Kier molecular flexibility index (Phi) is 5.28. The molecule has 0 radical (unpaired) electrons. The van der Waals surface area contributed by atoms with Gasteiger partial charge >= 0.3 is 5.97 Å². The summed E-state index contributed by atoms with van der Waals surface area (Å²) in [6, 6.07) is 9.60. The average Bonchev–Trinajstić information content (AvgIpc) is 3.44. The minimum Gasteiger partial charge on any atom is -0.489 e. The van der Waals surface area contributed by atoms with Crippen molar-refractivity contribution in [2.24, 2.45) is 5.92 Å². The van der Waals surface area contributed by atoms with E-state index in [1.807, 2.05) is 12.1 Å². The number of aliphatic carboxylic acids is 1. The van der Waals surface area contributed by atoms with Crippen LogP contribution in [0.25, 0.3) is 0 Å². The van der Waals surface area contributed by atoms with Crippen molar-refractivity contribution in [1.29, 1.82) is 0 Å². The van der Waals surface area contributed by atoms with Gasteiger partial charge in [0.2, 0.25) is 0 Å². The first kappa shape index (κ1) is 17.0. The molecule has 0 bridgehead atoms. The van der Waals surface area contributed by atoms with E-state index >= 15 is 0 Å². The molecule has 0 spiro atoms. The molecular weight excluding hydrogens is 320 g/mol. The molecule has 1 aliphatic rings. The zero-order chi connectivity index (χ0) is 17.6. The van der Waals surface area contributed by atoms with Gasteiger partial charge in [-0.25, -0.2) is 4.79 Å². The summed E-state index contributed by atoms with van der Waals surface area (Å²) in [4.78, 5) is 27.7. The van der Waals surface area contributed by atoms with E-state index in [1.54, 1.807) is 36.7 Å². The van der Waals surface area contributed by atoms with Crippen LogP contribution < -0.4 is 10.1 Å². The fourth-order valence-electron chi connectivity index (χ4n) is 2.53. The molecule has 0 aliphatic heterocycles. The van der Waals surface area contributed by atoms with Crippen molar-refractivity contribution in [2.45, 2.75) is 31.9 Å². The van der Waals surface area contributed by atoms with Crippen molar-refractivity contribution >= 4 is 11.9 Å². The molecule has 1 aromatic heterocycles. The van der Waals surface area contributed by atoms with Gasteiger partial charge in [-0.3, -0.25) is 9.78 Å². The molecule has 1 saturated carbocycles. The molecular formula is C19H20N2O4. The van der Waals surface area contributed by atoms with Gasteiger partial charge in [0.25, 0.3) is 5.91 Å². The van der Waals surface area contributed by atoms with E-state index in [4.69, 9.17) is 4.74 Å². The Balaban J connectivity index is 1.61. The summed E-state index contributed by atoms with van der Waals surface area (Å²) >= 11 is 0. The predicted octanol–water partition coefficient (Wildman–Crippen LogP) is 2.64. The minimum atomic E-state index is -0.996. The molecule has 25 heavy (non-hydrogen) atoms. The number of carboxylic acids is 1. The number of benzene rings is 1. The molecule has 1 atom stereocenters. The number of rotatable bonds is 8. The fraction of sp³-hybridized carbons (Fsp3) is 0.316. The van der Waals surface area contributed by atoms with Crippen molar-refractivity contribution in [2.75, 3.05) is 0 Å². The topological polar surface area (TPSA) is 88.5 Å². The third-order valence-electron chi connectivity index (χ3n) is 4.09. The van der Waals surface area contributed by atoms with Gasteiger partial charge in [-0.05, 0) is 36.6 Å². The lowest BCUT2D eigenvalue weighted by Gasteiger charge is -2.14. The van der Waals surface area contributed by atoms with Gasteiger partial charge in [0.15, 0.2) is 0 Å². The van der Waals surface area contributed by atoms with Gasteiger partial charge in [-0.1, -0.05) is 25.0 Å². The maximum absolute atomic E-state index is 12.3. The first-order chi connectivity index (χ1) is 12.1. The molecule has 1 unspecified atom stereocenters. The van der Waals surface area contributed by atoms with Crippen molar-refractivity contribution in [3.05, 3.63) is 59.9 Å². The van der Waals surface area contributed by atoms with Crippen LogP contribution >= 0.6 is 0 Å². The number of amides is 1. The summed E-state index contributed by atoms with van der Waals surface area (Å²) in [5.74, 6) is -0.440. The first-order valence-corrected chi connectivity index (χ1v) is 8.27. The fourth-order valence-corrected chi connectivity index (χ4v) is 2.53. The van der Waals surface area contributed by atoms with Crippen LogP contribution in [0.4, 0.5) is 0 Å². The number of hydrogen-bond acceptors (Lipinski definition) is 4. The molecule has 130 valence electrons. The van der Waals surface area contributed by atoms with E-state index in [0.29, 0.717) is 30.3 Å². The molecule has 6 heteroatoms. The van der Waals surface area contributed by atoms with Crippen molar-refractivity contribution in [1.82, 2.24) is 10.3 Å². The van der Waals surface area contributed by atoms with Crippen LogP contribution in [0.15, 0.2) is 48.8 Å². The minimum absolute atomic E-state index is 0.346. The molecule has 2 N–H and O–H groups in total. The number of nitrogens with zero attached hydrogens (tertiary/aromatic N) is 1. The Labute approximate surface area is 145 Å². The number of pyridine rings is 1. The standard InChI is InChI=1S/C19H20N2O4/c22-18(21-17(19(23)24)9-13-6-7-13)15-4-1-5-16(10-15)25-12-14-3-2-8-20-11-14/h1-5,8,10-11,13,17H,6-7,9,12H2,(H,21,22)(H,23,24). The lowest BCUT2D eigenvalue weighted by Crippen LogP contribution is -2.41. The molecule has 0 saturated heterocycles. The number of hydrogen-bond donors (Lipinski definition) is 2. The van der Waals surface area contributed by atoms with E-state index in [-0.39, 0.29) is 0 Å². The lowest BCUT2D eigenvalue weighted by atomic mass is 10.1. The lowest BCUT2D eigenvalue weighted by molar-refractivity contribution is -0.139. The highest BCUT2D eigenvalue weighted by Crippen LogP contribution is 2.33. The molecule has 1 amide bonds. The van der Waals surface area contributed by atoms with Crippen molar-refractivity contribution in [3.8, 4) is 5.75 Å². The number of nitrogens with one attached hydrogen (secondary N) is 1. The SMILES string of the molecule is O=C(NC(CC1CC1)C(=O)O)c1cccc(OCc2cccnc2)c1. The van der Waals surface area contributed by atoms with Gasteiger partial charge < -0.3 is 15.2 Å². The van der Waals surface area contributed by atoms with Crippen molar-refractivity contribution in [3.63, 3.8) is 0 Å². The summed E-state index contributed by atoms with van der Waals surface area (Å²) < 4.78 is 5.67. The molecule has 2 aromatic rings.